The summed E-state index contributed by atoms with van der Waals surface area (Å²) in [6, 6.07) is 8.32. The summed E-state index contributed by atoms with van der Waals surface area (Å²) in [5, 5.41) is 3.27. The second kappa shape index (κ2) is 6.22. The Balaban J connectivity index is 2.18. The van der Waals surface area contributed by atoms with Crippen LogP contribution in [0.3, 0.4) is 0 Å². The lowest BCUT2D eigenvalue weighted by Crippen LogP contribution is -2.09. The van der Waals surface area contributed by atoms with Crippen molar-refractivity contribution in [2.24, 2.45) is 0 Å². The smallest absolute Gasteiger partial charge is 0.0645 e. The number of anilines is 1. The van der Waals surface area contributed by atoms with Gasteiger partial charge in [0.15, 0.2) is 0 Å². The molecule has 1 aromatic carbocycles. The van der Waals surface area contributed by atoms with Gasteiger partial charge in [-0.25, -0.2) is 0 Å². The highest BCUT2D eigenvalue weighted by molar-refractivity contribution is 5.44. The van der Waals surface area contributed by atoms with Gasteiger partial charge in [-0.05, 0) is 19.1 Å². The SMILES string of the molecule is C=CCOCCNc1ccc(C)cc1. The molecule has 0 heterocycles. The minimum Gasteiger partial charge on any atom is -0.383 e. The predicted octanol–water partition coefficient (Wildman–Crippen LogP) is 2.61. The Morgan fingerprint density at radius 1 is 1.36 bits per heavy atom. The van der Waals surface area contributed by atoms with Gasteiger partial charge in [0.1, 0.15) is 0 Å². The zero-order chi connectivity index (χ0) is 10.2. The minimum atomic E-state index is 0.621. The number of benzene rings is 1. The van der Waals surface area contributed by atoms with Crippen molar-refractivity contribution in [2.45, 2.75) is 6.92 Å². The van der Waals surface area contributed by atoms with Crippen LogP contribution in [-0.4, -0.2) is 19.8 Å². The van der Waals surface area contributed by atoms with Gasteiger partial charge in [-0.2, -0.15) is 0 Å². The fourth-order valence-electron chi connectivity index (χ4n) is 1.11. The molecule has 2 heteroatoms. The highest BCUT2D eigenvalue weighted by Crippen LogP contribution is 2.07. The molecule has 0 aromatic heterocycles. The van der Waals surface area contributed by atoms with Gasteiger partial charge in [0.2, 0.25) is 0 Å². The standard InChI is InChI=1S/C12H17NO/c1-3-9-14-10-8-13-12-6-4-11(2)5-7-12/h3-7,13H,1,8-10H2,2H3. The Morgan fingerprint density at radius 3 is 2.71 bits per heavy atom. The minimum absolute atomic E-state index is 0.621. The van der Waals surface area contributed by atoms with Gasteiger partial charge in [0.25, 0.3) is 0 Å². The molecule has 14 heavy (non-hydrogen) atoms. The van der Waals surface area contributed by atoms with Crippen LogP contribution in [0.15, 0.2) is 36.9 Å². The van der Waals surface area contributed by atoms with E-state index < -0.39 is 0 Å². The number of rotatable bonds is 6. The van der Waals surface area contributed by atoms with Crippen molar-refractivity contribution in [1.29, 1.82) is 0 Å². The number of aryl methyl sites for hydroxylation is 1. The van der Waals surface area contributed by atoms with Crippen LogP contribution in [0.2, 0.25) is 0 Å². The molecule has 0 unspecified atom stereocenters. The Bertz CT molecular complexity index is 266. The molecule has 0 aliphatic carbocycles. The first-order chi connectivity index (χ1) is 6.83. The summed E-state index contributed by atoms with van der Waals surface area (Å²) in [5.41, 5.74) is 2.41. The molecule has 0 fully saturated rings. The van der Waals surface area contributed by atoms with E-state index in [9.17, 15) is 0 Å². The molecule has 0 aliphatic heterocycles. The van der Waals surface area contributed by atoms with Crippen LogP contribution in [0.1, 0.15) is 5.56 Å². The van der Waals surface area contributed by atoms with Gasteiger partial charge < -0.3 is 10.1 Å². The molecule has 0 saturated heterocycles. The third-order valence-corrected chi connectivity index (χ3v) is 1.86. The number of hydrogen-bond donors (Lipinski definition) is 1. The first kappa shape index (κ1) is 10.8. The van der Waals surface area contributed by atoms with Gasteiger partial charge in [-0.15, -0.1) is 6.58 Å². The lowest BCUT2D eigenvalue weighted by molar-refractivity contribution is 0.173. The molecule has 2 nitrogen and oxygen atoms in total. The van der Waals surface area contributed by atoms with Crippen molar-refractivity contribution in [3.63, 3.8) is 0 Å². The van der Waals surface area contributed by atoms with Gasteiger partial charge in [-0.1, -0.05) is 23.8 Å². The van der Waals surface area contributed by atoms with E-state index >= 15 is 0 Å². The summed E-state index contributed by atoms with van der Waals surface area (Å²) in [7, 11) is 0. The molecule has 0 aliphatic rings. The van der Waals surface area contributed by atoms with E-state index in [0.29, 0.717) is 13.2 Å². The lowest BCUT2D eigenvalue weighted by atomic mass is 10.2. The number of ether oxygens (including phenoxy) is 1. The van der Waals surface area contributed by atoms with Crippen molar-refractivity contribution in [3.05, 3.63) is 42.5 Å². The third-order valence-electron chi connectivity index (χ3n) is 1.86. The normalized spacial score (nSPS) is 9.79. The summed E-state index contributed by atoms with van der Waals surface area (Å²) in [6.07, 6.45) is 1.76. The molecule has 76 valence electrons. The maximum Gasteiger partial charge on any atom is 0.0645 e. The Morgan fingerprint density at radius 2 is 2.07 bits per heavy atom. The summed E-state index contributed by atoms with van der Waals surface area (Å²) in [4.78, 5) is 0. The van der Waals surface area contributed by atoms with E-state index in [2.05, 4.69) is 43.1 Å². The van der Waals surface area contributed by atoms with E-state index in [0.717, 1.165) is 12.2 Å². The van der Waals surface area contributed by atoms with Gasteiger partial charge >= 0.3 is 0 Å². The maximum atomic E-state index is 5.25. The summed E-state index contributed by atoms with van der Waals surface area (Å²) in [5.74, 6) is 0. The van der Waals surface area contributed by atoms with Crippen LogP contribution in [0, 0.1) is 6.92 Å². The predicted molar refractivity (Wildman–Crippen MR) is 60.7 cm³/mol. The summed E-state index contributed by atoms with van der Waals surface area (Å²) in [6.45, 7) is 7.82. The third kappa shape index (κ3) is 4.10. The highest BCUT2D eigenvalue weighted by Gasteiger charge is 1.90. The first-order valence-electron chi connectivity index (χ1n) is 4.82. The molecular weight excluding hydrogens is 174 g/mol. The Kier molecular flexibility index (Phi) is 4.79. The molecule has 0 bridgehead atoms. The average Bonchev–Trinajstić information content (AvgIpc) is 2.21. The van der Waals surface area contributed by atoms with Crippen molar-refractivity contribution in [1.82, 2.24) is 0 Å². The van der Waals surface area contributed by atoms with Crippen molar-refractivity contribution in [3.8, 4) is 0 Å². The maximum absolute atomic E-state index is 5.25. The van der Waals surface area contributed by atoms with E-state index in [1.54, 1.807) is 6.08 Å². The van der Waals surface area contributed by atoms with Crippen LogP contribution in [0.4, 0.5) is 5.69 Å². The molecule has 0 spiro atoms. The highest BCUT2D eigenvalue weighted by atomic mass is 16.5. The van der Waals surface area contributed by atoms with Gasteiger partial charge in [0.05, 0.1) is 13.2 Å². The fraction of sp³-hybridized carbons (Fsp3) is 0.333. The topological polar surface area (TPSA) is 21.3 Å². The van der Waals surface area contributed by atoms with Crippen LogP contribution < -0.4 is 5.32 Å². The monoisotopic (exact) mass is 191 g/mol. The van der Waals surface area contributed by atoms with Crippen LogP contribution in [-0.2, 0) is 4.74 Å². The van der Waals surface area contributed by atoms with Crippen molar-refractivity contribution in [2.75, 3.05) is 25.1 Å². The molecule has 0 saturated carbocycles. The van der Waals surface area contributed by atoms with Crippen LogP contribution in [0.25, 0.3) is 0 Å². The molecule has 1 N–H and O–H groups in total. The number of nitrogens with one attached hydrogen (secondary N) is 1. The summed E-state index contributed by atoms with van der Waals surface area (Å²) < 4.78 is 5.25. The molecular formula is C12H17NO. The molecule has 0 atom stereocenters. The fourth-order valence-corrected chi connectivity index (χ4v) is 1.11. The largest absolute Gasteiger partial charge is 0.383 e. The van der Waals surface area contributed by atoms with E-state index in [-0.39, 0.29) is 0 Å². The Hall–Kier alpha value is -1.28. The second-order valence-corrected chi connectivity index (χ2v) is 3.16. The first-order valence-corrected chi connectivity index (χ1v) is 4.82. The zero-order valence-corrected chi connectivity index (χ0v) is 8.62. The molecule has 0 amide bonds. The van der Waals surface area contributed by atoms with Crippen molar-refractivity contribution < 1.29 is 4.74 Å². The van der Waals surface area contributed by atoms with E-state index in [1.807, 2.05) is 0 Å². The summed E-state index contributed by atoms with van der Waals surface area (Å²) >= 11 is 0. The molecule has 0 radical (unpaired) electrons. The number of hydrogen-bond acceptors (Lipinski definition) is 2. The van der Waals surface area contributed by atoms with Crippen LogP contribution in [0.5, 0.6) is 0 Å². The molecule has 1 aromatic rings. The molecule has 1 rings (SSSR count). The van der Waals surface area contributed by atoms with Gasteiger partial charge in [0, 0.05) is 12.2 Å². The van der Waals surface area contributed by atoms with E-state index in [1.165, 1.54) is 5.56 Å². The quantitative estimate of drug-likeness (QED) is 0.551. The zero-order valence-electron chi connectivity index (χ0n) is 8.62. The second-order valence-electron chi connectivity index (χ2n) is 3.16. The van der Waals surface area contributed by atoms with Crippen molar-refractivity contribution >= 4 is 5.69 Å². The lowest BCUT2D eigenvalue weighted by Gasteiger charge is -2.06. The van der Waals surface area contributed by atoms with E-state index in [4.69, 9.17) is 4.74 Å². The average molecular weight is 191 g/mol. The van der Waals surface area contributed by atoms with Crippen LogP contribution >= 0.6 is 0 Å². The Labute approximate surface area is 85.6 Å². The van der Waals surface area contributed by atoms with Gasteiger partial charge in [-0.3, -0.25) is 0 Å².